The molecule has 1 aromatic heterocycles. The van der Waals surface area contributed by atoms with Crippen molar-refractivity contribution in [3.63, 3.8) is 0 Å². The third-order valence-corrected chi connectivity index (χ3v) is 3.52. The van der Waals surface area contributed by atoms with Crippen LogP contribution in [0.3, 0.4) is 0 Å². The lowest BCUT2D eigenvalue weighted by Gasteiger charge is -2.20. The van der Waals surface area contributed by atoms with Crippen LogP contribution in [0.25, 0.3) is 0 Å². The minimum atomic E-state index is -0.501. The summed E-state index contributed by atoms with van der Waals surface area (Å²) in [7, 11) is 0. The quantitative estimate of drug-likeness (QED) is 0.825. The van der Waals surface area contributed by atoms with Gasteiger partial charge in [-0.05, 0) is 46.3 Å². The van der Waals surface area contributed by atoms with Crippen LogP contribution >= 0.6 is 15.9 Å². The van der Waals surface area contributed by atoms with Gasteiger partial charge in [-0.2, -0.15) is 5.26 Å². The van der Waals surface area contributed by atoms with Gasteiger partial charge in [-0.25, -0.2) is 4.39 Å². The van der Waals surface area contributed by atoms with Crippen molar-refractivity contribution < 1.29 is 13.6 Å². The summed E-state index contributed by atoms with van der Waals surface area (Å²) in [5, 5.41) is 8.70. The molecule has 0 saturated carbocycles. The van der Waals surface area contributed by atoms with Crippen LogP contribution in [-0.4, -0.2) is 17.4 Å². The van der Waals surface area contributed by atoms with Crippen molar-refractivity contribution in [2.24, 2.45) is 0 Å². The van der Waals surface area contributed by atoms with Crippen molar-refractivity contribution in [2.45, 2.75) is 13.0 Å². The Hall–Kier alpha value is -2.13. The van der Waals surface area contributed by atoms with Gasteiger partial charge in [-0.3, -0.25) is 4.79 Å². The zero-order valence-corrected chi connectivity index (χ0v) is 12.6. The first-order chi connectivity index (χ1) is 10.1. The molecule has 6 heteroatoms. The van der Waals surface area contributed by atoms with E-state index in [2.05, 4.69) is 15.9 Å². The lowest BCUT2D eigenvalue weighted by Crippen LogP contribution is -2.31. The highest BCUT2D eigenvalue weighted by Crippen LogP contribution is 2.18. The maximum absolute atomic E-state index is 13.5. The van der Waals surface area contributed by atoms with Crippen molar-refractivity contribution >= 4 is 21.8 Å². The number of carbonyl (C=O) groups excluding carboxylic acids is 1. The molecule has 21 heavy (non-hydrogen) atoms. The molecule has 0 aliphatic carbocycles. The molecule has 0 aliphatic heterocycles. The van der Waals surface area contributed by atoms with Crippen LogP contribution < -0.4 is 0 Å². The van der Waals surface area contributed by atoms with Crippen LogP contribution in [0.5, 0.6) is 0 Å². The molecule has 0 aliphatic rings. The maximum Gasteiger partial charge on any atom is 0.254 e. The molecule has 0 spiro atoms. The number of amides is 1. The summed E-state index contributed by atoms with van der Waals surface area (Å²) < 4.78 is 19.1. The van der Waals surface area contributed by atoms with Crippen molar-refractivity contribution in [1.29, 1.82) is 5.26 Å². The van der Waals surface area contributed by atoms with Gasteiger partial charge in [0.1, 0.15) is 11.6 Å². The first-order valence-corrected chi connectivity index (χ1v) is 7.05. The molecule has 1 amide bonds. The molecule has 0 atom stereocenters. The Balaban J connectivity index is 2.20. The van der Waals surface area contributed by atoms with Gasteiger partial charge in [-0.15, -0.1) is 0 Å². The highest BCUT2D eigenvalue weighted by Gasteiger charge is 2.18. The number of nitrogens with zero attached hydrogens (tertiary/aromatic N) is 2. The lowest BCUT2D eigenvalue weighted by molar-refractivity contribution is 0.0735. The van der Waals surface area contributed by atoms with Gasteiger partial charge in [0.05, 0.1) is 29.8 Å². The van der Waals surface area contributed by atoms with E-state index in [1.54, 1.807) is 12.1 Å². The first-order valence-electron chi connectivity index (χ1n) is 6.25. The Kier molecular flexibility index (Phi) is 5.12. The van der Waals surface area contributed by atoms with E-state index < -0.39 is 5.82 Å². The smallest absolute Gasteiger partial charge is 0.254 e. The molecule has 0 bridgehead atoms. The van der Waals surface area contributed by atoms with E-state index in [-0.39, 0.29) is 31.0 Å². The summed E-state index contributed by atoms with van der Waals surface area (Å²) in [6.07, 6.45) is 1.72. The number of rotatable bonds is 5. The number of benzene rings is 1. The van der Waals surface area contributed by atoms with E-state index in [0.29, 0.717) is 10.2 Å². The fraction of sp³-hybridized carbons (Fsp3) is 0.200. The third kappa shape index (κ3) is 3.92. The van der Waals surface area contributed by atoms with E-state index in [0.717, 1.165) is 0 Å². The molecule has 2 rings (SSSR count). The number of halogens is 2. The van der Waals surface area contributed by atoms with Gasteiger partial charge < -0.3 is 9.32 Å². The van der Waals surface area contributed by atoms with Gasteiger partial charge in [0.25, 0.3) is 5.91 Å². The fourth-order valence-corrected chi connectivity index (χ4v) is 2.09. The average molecular weight is 351 g/mol. The molecule has 2 aromatic rings. The van der Waals surface area contributed by atoms with Gasteiger partial charge in [0.15, 0.2) is 0 Å². The molecular weight excluding hydrogens is 339 g/mol. The van der Waals surface area contributed by atoms with Crippen LogP contribution in [0, 0.1) is 17.1 Å². The molecule has 1 aromatic carbocycles. The van der Waals surface area contributed by atoms with E-state index in [9.17, 15) is 9.18 Å². The highest BCUT2D eigenvalue weighted by molar-refractivity contribution is 9.10. The minimum absolute atomic E-state index is 0.200. The Labute approximate surface area is 129 Å². The molecule has 108 valence electrons. The van der Waals surface area contributed by atoms with E-state index in [4.69, 9.17) is 9.68 Å². The summed E-state index contributed by atoms with van der Waals surface area (Å²) in [6.45, 7) is 0.499. The predicted octanol–water partition coefficient (Wildman–Crippen LogP) is 3.74. The van der Waals surface area contributed by atoms with Crippen molar-refractivity contribution in [3.05, 3.63) is 58.2 Å². The molecular formula is C15H12BrFN2O2. The number of hydrogen-bond donors (Lipinski definition) is 0. The molecule has 0 saturated heterocycles. The molecule has 0 unspecified atom stereocenters. The fourth-order valence-electron chi connectivity index (χ4n) is 1.84. The number of hydrogen-bond acceptors (Lipinski definition) is 3. The molecule has 0 N–H and O–H groups in total. The number of furan rings is 1. The first kappa shape index (κ1) is 15.3. The SMILES string of the molecule is N#CCCN(Cc1ccco1)C(=O)c1ccc(Br)c(F)c1. The lowest BCUT2D eigenvalue weighted by atomic mass is 10.2. The van der Waals surface area contributed by atoms with Gasteiger partial charge in [-0.1, -0.05) is 0 Å². The normalized spacial score (nSPS) is 10.1. The second-order valence-electron chi connectivity index (χ2n) is 4.34. The molecule has 1 heterocycles. The Morgan fingerprint density at radius 1 is 1.43 bits per heavy atom. The van der Waals surface area contributed by atoms with Crippen molar-refractivity contribution in [3.8, 4) is 6.07 Å². The summed E-state index contributed by atoms with van der Waals surface area (Å²) in [5.74, 6) is -0.231. The van der Waals surface area contributed by atoms with Crippen LogP contribution in [0.1, 0.15) is 22.5 Å². The van der Waals surface area contributed by atoms with Gasteiger partial charge in [0.2, 0.25) is 0 Å². The van der Waals surface area contributed by atoms with Gasteiger partial charge >= 0.3 is 0 Å². The summed E-state index contributed by atoms with van der Waals surface area (Å²) >= 11 is 3.05. The summed E-state index contributed by atoms with van der Waals surface area (Å²) in [4.78, 5) is 13.9. The Morgan fingerprint density at radius 3 is 2.86 bits per heavy atom. The predicted molar refractivity (Wildman–Crippen MR) is 77.8 cm³/mol. The molecule has 4 nitrogen and oxygen atoms in total. The second-order valence-corrected chi connectivity index (χ2v) is 5.20. The number of carbonyl (C=O) groups is 1. The van der Waals surface area contributed by atoms with Crippen LogP contribution in [0.4, 0.5) is 4.39 Å². The van der Waals surface area contributed by atoms with E-state index in [1.165, 1.54) is 29.4 Å². The highest BCUT2D eigenvalue weighted by atomic mass is 79.9. The van der Waals surface area contributed by atoms with Gasteiger partial charge in [0, 0.05) is 12.1 Å². The second kappa shape index (κ2) is 7.04. The molecule has 0 radical (unpaired) electrons. The Bertz CT molecular complexity index is 665. The van der Waals surface area contributed by atoms with Crippen molar-refractivity contribution in [2.75, 3.05) is 6.54 Å². The summed E-state index contributed by atoms with van der Waals surface area (Å²) in [6, 6.07) is 9.66. The standard InChI is InChI=1S/C15H12BrFN2O2/c16-13-5-4-11(9-14(13)17)15(20)19(7-2-6-18)10-12-3-1-8-21-12/h1,3-5,8-9H,2,7,10H2. The zero-order valence-electron chi connectivity index (χ0n) is 11.1. The van der Waals surface area contributed by atoms with Crippen LogP contribution in [0.2, 0.25) is 0 Å². The minimum Gasteiger partial charge on any atom is -0.467 e. The monoisotopic (exact) mass is 350 g/mol. The third-order valence-electron chi connectivity index (χ3n) is 2.87. The van der Waals surface area contributed by atoms with Crippen LogP contribution in [-0.2, 0) is 6.54 Å². The van der Waals surface area contributed by atoms with E-state index in [1.807, 2.05) is 6.07 Å². The van der Waals surface area contributed by atoms with E-state index >= 15 is 0 Å². The average Bonchev–Trinajstić information content (AvgIpc) is 2.98. The topological polar surface area (TPSA) is 57.2 Å². The zero-order chi connectivity index (χ0) is 15.2. The van der Waals surface area contributed by atoms with Crippen molar-refractivity contribution in [1.82, 2.24) is 4.90 Å². The number of nitriles is 1. The Morgan fingerprint density at radius 2 is 2.24 bits per heavy atom. The maximum atomic E-state index is 13.5. The largest absolute Gasteiger partial charge is 0.467 e. The van der Waals surface area contributed by atoms with Crippen LogP contribution in [0.15, 0.2) is 45.5 Å². The molecule has 0 fully saturated rings. The summed E-state index contributed by atoms with van der Waals surface area (Å²) in [5.41, 5.74) is 0.236.